The van der Waals surface area contributed by atoms with Crippen LogP contribution in [0.25, 0.3) is 10.8 Å². The molecule has 0 aliphatic carbocycles. The molecule has 0 aliphatic rings. The number of rotatable bonds is 3. The van der Waals surface area contributed by atoms with E-state index in [1.807, 2.05) is 30.3 Å². The quantitative estimate of drug-likeness (QED) is 0.757. The van der Waals surface area contributed by atoms with Crippen LogP contribution in [-0.4, -0.2) is 13.0 Å². The molecule has 0 spiro atoms. The number of benzene rings is 3. The number of hydrogen-bond acceptors (Lipinski definition) is 2. The van der Waals surface area contributed by atoms with Gasteiger partial charge in [0.1, 0.15) is 5.75 Å². The largest absolute Gasteiger partial charge is 0.495 e. The third-order valence-corrected chi connectivity index (χ3v) is 3.68. The maximum absolute atomic E-state index is 12.5. The second kappa shape index (κ2) is 6.08. The molecule has 3 nitrogen and oxygen atoms in total. The van der Waals surface area contributed by atoms with Gasteiger partial charge in [-0.2, -0.15) is 0 Å². The normalized spacial score (nSPS) is 10.5. The third kappa shape index (κ3) is 2.76. The highest BCUT2D eigenvalue weighted by Crippen LogP contribution is 2.30. The molecule has 0 unspecified atom stereocenters. The van der Waals surface area contributed by atoms with Crippen molar-refractivity contribution >= 4 is 34.0 Å². The summed E-state index contributed by atoms with van der Waals surface area (Å²) in [5.41, 5.74) is 1.18. The van der Waals surface area contributed by atoms with E-state index in [1.165, 1.54) is 0 Å². The summed E-state index contributed by atoms with van der Waals surface area (Å²) >= 11 is 5.85. The van der Waals surface area contributed by atoms with Crippen LogP contribution < -0.4 is 10.1 Å². The highest BCUT2D eigenvalue weighted by atomic mass is 35.5. The van der Waals surface area contributed by atoms with Gasteiger partial charge in [-0.25, -0.2) is 0 Å². The Hall–Kier alpha value is -2.52. The summed E-state index contributed by atoms with van der Waals surface area (Å²) in [6, 6.07) is 18.5. The van der Waals surface area contributed by atoms with Crippen LogP contribution in [-0.2, 0) is 0 Å². The smallest absolute Gasteiger partial charge is 0.259 e. The van der Waals surface area contributed by atoms with Crippen molar-refractivity contribution in [2.24, 2.45) is 0 Å². The number of fused-ring (bicyclic) bond motifs is 1. The molecule has 3 aromatic carbocycles. The van der Waals surface area contributed by atoms with Crippen molar-refractivity contribution in [3.05, 3.63) is 71.2 Å². The molecule has 3 rings (SSSR count). The van der Waals surface area contributed by atoms with Crippen molar-refractivity contribution in [2.75, 3.05) is 12.4 Å². The molecule has 1 amide bonds. The van der Waals surface area contributed by atoms with Gasteiger partial charge in [0.2, 0.25) is 0 Å². The molecule has 0 heterocycles. The Balaban J connectivity index is 1.98. The third-order valence-electron chi connectivity index (χ3n) is 3.43. The topological polar surface area (TPSA) is 38.3 Å². The SMILES string of the molecule is COc1c(C(=O)Nc2ccc(Cl)cc2)ccc2ccccc12. The molecule has 0 fully saturated rings. The van der Waals surface area contributed by atoms with Gasteiger partial charge in [-0.1, -0.05) is 41.9 Å². The highest BCUT2D eigenvalue weighted by molar-refractivity contribution is 6.30. The highest BCUT2D eigenvalue weighted by Gasteiger charge is 2.15. The Morgan fingerprint density at radius 2 is 1.73 bits per heavy atom. The van der Waals surface area contributed by atoms with Gasteiger partial charge in [0.25, 0.3) is 5.91 Å². The minimum absolute atomic E-state index is 0.218. The summed E-state index contributed by atoms with van der Waals surface area (Å²) in [4.78, 5) is 12.5. The molecule has 0 aliphatic heterocycles. The van der Waals surface area contributed by atoms with Crippen LogP contribution in [0, 0.1) is 0 Å². The second-order valence-electron chi connectivity index (χ2n) is 4.83. The summed E-state index contributed by atoms with van der Waals surface area (Å²) in [6.45, 7) is 0. The second-order valence-corrected chi connectivity index (χ2v) is 5.26. The van der Waals surface area contributed by atoms with Crippen molar-refractivity contribution in [2.45, 2.75) is 0 Å². The zero-order valence-corrected chi connectivity index (χ0v) is 12.7. The first-order valence-corrected chi connectivity index (χ1v) is 7.19. The molecule has 0 saturated heterocycles. The average molecular weight is 312 g/mol. The first-order valence-electron chi connectivity index (χ1n) is 6.81. The van der Waals surface area contributed by atoms with Gasteiger partial charge in [-0.15, -0.1) is 0 Å². The molecular weight excluding hydrogens is 298 g/mol. The van der Waals surface area contributed by atoms with Gasteiger partial charge >= 0.3 is 0 Å². The molecule has 110 valence electrons. The fourth-order valence-corrected chi connectivity index (χ4v) is 2.50. The van der Waals surface area contributed by atoms with Gasteiger partial charge in [-0.05, 0) is 35.7 Å². The number of amides is 1. The van der Waals surface area contributed by atoms with Gasteiger partial charge in [0.15, 0.2) is 0 Å². The van der Waals surface area contributed by atoms with E-state index in [9.17, 15) is 4.79 Å². The molecule has 1 N–H and O–H groups in total. The number of anilines is 1. The Bertz CT molecular complexity index is 828. The molecule has 0 aromatic heterocycles. The zero-order valence-electron chi connectivity index (χ0n) is 12.0. The van der Waals surface area contributed by atoms with Crippen LogP contribution >= 0.6 is 11.6 Å². The van der Waals surface area contributed by atoms with Crippen molar-refractivity contribution < 1.29 is 9.53 Å². The fraction of sp³-hybridized carbons (Fsp3) is 0.0556. The lowest BCUT2D eigenvalue weighted by Crippen LogP contribution is -2.13. The predicted octanol–water partition coefficient (Wildman–Crippen LogP) is 4.75. The predicted molar refractivity (Wildman–Crippen MR) is 89.9 cm³/mol. The van der Waals surface area contributed by atoms with E-state index in [4.69, 9.17) is 16.3 Å². The first kappa shape index (κ1) is 14.4. The summed E-state index contributed by atoms with van der Waals surface area (Å²) in [5.74, 6) is 0.356. The van der Waals surface area contributed by atoms with E-state index in [1.54, 1.807) is 37.4 Å². The lowest BCUT2D eigenvalue weighted by Gasteiger charge is -2.12. The minimum atomic E-state index is -0.218. The molecule has 0 atom stereocenters. The molecule has 3 aromatic rings. The van der Waals surface area contributed by atoms with Crippen LogP contribution in [0.1, 0.15) is 10.4 Å². The molecule has 0 bridgehead atoms. The number of methoxy groups -OCH3 is 1. The van der Waals surface area contributed by atoms with Crippen LogP contribution in [0.3, 0.4) is 0 Å². The van der Waals surface area contributed by atoms with E-state index in [0.29, 0.717) is 22.0 Å². The standard InChI is InChI=1S/C18H14ClNO2/c1-22-17-15-5-3-2-4-12(15)6-11-16(17)18(21)20-14-9-7-13(19)8-10-14/h2-11H,1H3,(H,20,21). The van der Waals surface area contributed by atoms with E-state index < -0.39 is 0 Å². The summed E-state index contributed by atoms with van der Waals surface area (Å²) in [6.07, 6.45) is 0. The Morgan fingerprint density at radius 3 is 2.45 bits per heavy atom. The zero-order chi connectivity index (χ0) is 15.5. The van der Waals surface area contributed by atoms with Crippen molar-refractivity contribution in [3.63, 3.8) is 0 Å². The van der Waals surface area contributed by atoms with Crippen LogP contribution in [0.15, 0.2) is 60.7 Å². The van der Waals surface area contributed by atoms with Crippen LogP contribution in [0.4, 0.5) is 5.69 Å². The number of carbonyl (C=O) groups is 1. The summed E-state index contributed by atoms with van der Waals surface area (Å²) in [7, 11) is 1.57. The van der Waals surface area contributed by atoms with E-state index in [0.717, 1.165) is 10.8 Å². The molecule has 0 saturated carbocycles. The lowest BCUT2D eigenvalue weighted by atomic mass is 10.0. The summed E-state index contributed by atoms with van der Waals surface area (Å²) in [5, 5.41) is 5.41. The average Bonchev–Trinajstić information content (AvgIpc) is 2.55. The molecule has 0 radical (unpaired) electrons. The maximum atomic E-state index is 12.5. The summed E-state index contributed by atoms with van der Waals surface area (Å²) < 4.78 is 5.45. The fourth-order valence-electron chi connectivity index (χ4n) is 2.37. The Kier molecular flexibility index (Phi) is 3.98. The Morgan fingerprint density at radius 1 is 1.00 bits per heavy atom. The van der Waals surface area contributed by atoms with E-state index >= 15 is 0 Å². The van der Waals surface area contributed by atoms with Crippen molar-refractivity contribution in [1.82, 2.24) is 0 Å². The molecular formula is C18H14ClNO2. The van der Waals surface area contributed by atoms with Crippen LogP contribution in [0.5, 0.6) is 5.75 Å². The van der Waals surface area contributed by atoms with Gasteiger partial charge in [-0.3, -0.25) is 4.79 Å². The number of ether oxygens (including phenoxy) is 1. The number of hydrogen-bond donors (Lipinski definition) is 1. The van der Waals surface area contributed by atoms with E-state index in [-0.39, 0.29) is 5.91 Å². The van der Waals surface area contributed by atoms with Gasteiger partial charge < -0.3 is 10.1 Å². The number of halogens is 1. The molecule has 22 heavy (non-hydrogen) atoms. The van der Waals surface area contributed by atoms with Crippen molar-refractivity contribution in [1.29, 1.82) is 0 Å². The monoisotopic (exact) mass is 311 g/mol. The maximum Gasteiger partial charge on any atom is 0.259 e. The first-order chi connectivity index (χ1) is 10.7. The number of carbonyl (C=O) groups excluding carboxylic acids is 1. The molecule has 4 heteroatoms. The Labute approximate surface area is 133 Å². The van der Waals surface area contributed by atoms with Gasteiger partial charge in [0.05, 0.1) is 12.7 Å². The number of nitrogens with one attached hydrogen (secondary N) is 1. The minimum Gasteiger partial charge on any atom is -0.495 e. The lowest BCUT2D eigenvalue weighted by molar-refractivity contribution is 0.102. The van der Waals surface area contributed by atoms with E-state index in [2.05, 4.69) is 5.32 Å². The van der Waals surface area contributed by atoms with Crippen LogP contribution in [0.2, 0.25) is 5.02 Å². The van der Waals surface area contributed by atoms with Crippen molar-refractivity contribution in [3.8, 4) is 5.75 Å². The van der Waals surface area contributed by atoms with Gasteiger partial charge in [0, 0.05) is 16.1 Å².